The molecule has 3 N–H and O–H groups in total. The Morgan fingerprint density at radius 1 is 1.53 bits per heavy atom. The average molecular weight is 236 g/mol. The van der Waals surface area contributed by atoms with Gasteiger partial charge in [-0.05, 0) is 31.4 Å². The van der Waals surface area contributed by atoms with E-state index in [0.29, 0.717) is 0 Å². The highest BCUT2D eigenvalue weighted by atomic mass is 16.5. The van der Waals surface area contributed by atoms with Crippen LogP contribution in [0.15, 0.2) is 18.2 Å². The Bertz CT molecular complexity index is 389. The van der Waals surface area contributed by atoms with Crippen LogP contribution in [0.1, 0.15) is 18.1 Å². The number of ether oxygens (including phenoxy) is 1. The standard InChI is InChI=1S/C13H20N2O2/c1-9-5-4-6-11(7-10(2)14)13(9)17-8-12(16)15-3/h4-6,10H,7-8,14H2,1-3H3,(H,15,16). The molecule has 1 amide bonds. The van der Waals surface area contributed by atoms with Gasteiger partial charge < -0.3 is 15.8 Å². The molecule has 1 atom stereocenters. The summed E-state index contributed by atoms with van der Waals surface area (Å²) in [6.07, 6.45) is 0.741. The predicted molar refractivity (Wildman–Crippen MR) is 68.1 cm³/mol. The largest absolute Gasteiger partial charge is 0.483 e. The van der Waals surface area contributed by atoms with Crippen molar-refractivity contribution < 1.29 is 9.53 Å². The summed E-state index contributed by atoms with van der Waals surface area (Å²) in [5, 5.41) is 2.53. The first-order valence-electron chi connectivity index (χ1n) is 5.72. The van der Waals surface area contributed by atoms with Crippen molar-refractivity contribution in [3.05, 3.63) is 29.3 Å². The summed E-state index contributed by atoms with van der Waals surface area (Å²) >= 11 is 0. The molecule has 0 fully saturated rings. The molecular weight excluding hydrogens is 216 g/mol. The minimum absolute atomic E-state index is 0.0350. The number of hydrogen-bond acceptors (Lipinski definition) is 3. The fraction of sp³-hybridized carbons (Fsp3) is 0.462. The average Bonchev–Trinajstić information content (AvgIpc) is 2.27. The molecular formula is C13H20N2O2. The van der Waals surface area contributed by atoms with Gasteiger partial charge in [0.05, 0.1) is 0 Å². The van der Waals surface area contributed by atoms with Crippen LogP contribution in [-0.2, 0) is 11.2 Å². The highest BCUT2D eigenvalue weighted by Crippen LogP contribution is 2.24. The first kappa shape index (κ1) is 13.5. The molecule has 4 nitrogen and oxygen atoms in total. The molecule has 0 saturated carbocycles. The van der Waals surface area contributed by atoms with E-state index in [0.717, 1.165) is 23.3 Å². The van der Waals surface area contributed by atoms with Crippen LogP contribution < -0.4 is 15.8 Å². The number of aryl methyl sites for hydroxylation is 1. The van der Waals surface area contributed by atoms with Gasteiger partial charge in [-0.25, -0.2) is 0 Å². The van der Waals surface area contributed by atoms with E-state index in [1.165, 1.54) is 0 Å². The number of carbonyl (C=O) groups is 1. The van der Waals surface area contributed by atoms with Crippen LogP contribution in [0.25, 0.3) is 0 Å². The Morgan fingerprint density at radius 3 is 2.82 bits per heavy atom. The topological polar surface area (TPSA) is 64.3 Å². The first-order valence-corrected chi connectivity index (χ1v) is 5.72. The number of carbonyl (C=O) groups excluding carboxylic acids is 1. The minimum atomic E-state index is -0.139. The van der Waals surface area contributed by atoms with E-state index in [1.54, 1.807) is 7.05 Å². The summed E-state index contributed by atoms with van der Waals surface area (Å²) in [7, 11) is 1.59. The molecule has 0 spiro atoms. The summed E-state index contributed by atoms with van der Waals surface area (Å²) in [6.45, 7) is 3.95. The van der Waals surface area contributed by atoms with Gasteiger partial charge in [0.15, 0.2) is 6.61 Å². The molecule has 1 aromatic rings. The SMILES string of the molecule is CNC(=O)COc1c(C)cccc1CC(C)N. The number of nitrogens with two attached hydrogens (primary N) is 1. The van der Waals surface area contributed by atoms with Crippen LogP contribution in [0.4, 0.5) is 0 Å². The van der Waals surface area contributed by atoms with Crippen molar-refractivity contribution in [2.24, 2.45) is 5.73 Å². The molecule has 0 aliphatic carbocycles. The predicted octanol–water partition coefficient (Wildman–Crippen LogP) is 1.01. The summed E-state index contributed by atoms with van der Waals surface area (Å²) in [4.78, 5) is 11.2. The van der Waals surface area contributed by atoms with Crippen LogP contribution in [-0.4, -0.2) is 25.6 Å². The monoisotopic (exact) mass is 236 g/mol. The number of nitrogens with one attached hydrogen (secondary N) is 1. The molecule has 94 valence electrons. The fourth-order valence-corrected chi connectivity index (χ4v) is 1.64. The zero-order valence-electron chi connectivity index (χ0n) is 10.6. The lowest BCUT2D eigenvalue weighted by molar-refractivity contribution is -0.122. The molecule has 1 unspecified atom stereocenters. The van der Waals surface area contributed by atoms with E-state index in [4.69, 9.17) is 10.5 Å². The molecule has 0 aliphatic heterocycles. The van der Waals surface area contributed by atoms with Gasteiger partial charge in [-0.1, -0.05) is 18.2 Å². The van der Waals surface area contributed by atoms with Crippen LogP contribution in [0, 0.1) is 6.92 Å². The van der Waals surface area contributed by atoms with Crippen LogP contribution >= 0.6 is 0 Å². The van der Waals surface area contributed by atoms with Crippen LogP contribution in [0.5, 0.6) is 5.75 Å². The van der Waals surface area contributed by atoms with E-state index in [-0.39, 0.29) is 18.6 Å². The van der Waals surface area contributed by atoms with Gasteiger partial charge in [-0.2, -0.15) is 0 Å². The summed E-state index contributed by atoms with van der Waals surface area (Å²) < 4.78 is 5.55. The highest BCUT2D eigenvalue weighted by molar-refractivity contribution is 5.77. The quantitative estimate of drug-likeness (QED) is 0.802. The molecule has 0 saturated heterocycles. The summed E-state index contributed by atoms with van der Waals surface area (Å²) in [5.74, 6) is 0.633. The molecule has 4 heteroatoms. The minimum Gasteiger partial charge on any atom is -0.483 e. The second-order valence-corrected chi connectivity index (χ2v) is 4.21. The lowest BCUT2D eigenvalue weighted by atomic mass is 10.0. The second kappa shape index (κ2) is 6.25. The van der Waals surface area contributed by atoms with Gasteiger partial charge in [-0.15, -0.1) is 0 Å². The Morgan fingerprint density at radius 2 is 2.24 bits per heavy atom. The second-order valence-electron chi connectivity index (χ2n) is 4.21. The van der Waals surface area contributed by atoms with Crippen molar-refractivity contribution in [2.45, 2.75) is 26.3 Å². The number of para-hydroxylation sites is 1. The molecule has 17 heavy (non-hydrogen) atoms. The lowest BCUT2D eigenvalue weighted by Crippen LogP contribution is -2.25. The molecule has 0 radical (unpaired) electrons. The Labute approximate surface area is 102 Å². The Kier molecular flexibility index (Phi) is 4.97. The maximum atomic E-state index is 11.2. The maximum Gasteiger partial charge on any atom is 0.257 e. The Balaban J connectivity index is 2.83. The Hall–Kier alpha value is -1.55. The van der Waals surface area contributed by atoms with Crippen molar-refractivity contribution in [3.63, 3.8) is 0 Å². The molecule has 1 aromatic carbocycles. The first-order chi connectivity index (χ1) is 8.04. The van der Waals surface area contributed by atoms with Crippen molar-refractivity contribution >= 4 is 5.91 Å². The number of hydrogen-bond donors (Lipinski definition) is 2. The van der Waals surface area contributed by atoms with Gasteiger partial charge in [0.2, 0.25) is 0 Å². The number of likely N-dealkylation sites (N-methyl/N-ethyl adjacent to an activating group) is 1. The number of benzene rings is 1. The van der Waals surface area contributed by atoms with Crippen molar-refractivity contribution in [2.75, 3.05) is 13.7 Å². The molecule has 0 aliphatic rings. The van der Waals surface area contributed by atoms with E-state index in [9.17, 15) is 4.79 Å². The maximum absolute atomic E-state index is 11.2. The highest BCUT2D eigenvalue weighted by Gasteiger charge is 2.10. The molecule has 1 rings (SSSR count). The van der Waals surface area contributed by atoms with Gasteiger partial charge >= 0.3 is 0 Å². The van der Waals surface area contributed by atoms with Crippen molar-refractivity contribution in [3.8, 4) is 5.75 Å². The molecule has 0 heterocycles. The van der Waals surface area contributed by atoms with Crippen LogP contribution in [0.3, 0.4) is 0 Å². The lowest BCUT2D eigenvalue weighted by Gasteiger charge is -2.15. The third-order valence-corrected chi connectivity index (χ3v) is 2.46. The molecule has 0 bridgehead atoms. The van der Waals surface area contributed by atoms with Crippen molar-refractivity contribution in [1.29, 1.82) is 0 Å². The smallest absolute Gasteiger partial charge is 0.257 e. The van der Waals surface area contributed by atoms with Gasteiger partial charge in [-0.3, -0.25) is 4.79 Å². The number of amides is 1. The van der Waals surface area contributed by atoms with E-state index < -0.39 is 0 Å². The van der Waals surface area contributed by atoms with Gasteiger partial charge in [0, 0.05) is 13.1 Å². The summed E-state index contributed by atoms with van der Waals surface area (Å²) in [6, 6.07) is 5.98. The van der Waals surface area contributed by atoms with Crippen molar-refractivity contribution in [1.82, 2.24) is 5.32 Å². The van der Waals surface area contributed by atoms with E-state index in [2.05, 4.69) is 5.32 Å². The van der Waals surface area contributed by atoms with Gasteiger partial charge in [0.25, 0.3) is 5.91 Å². The van der Waals surface area contributed by atoms with E-state index in [1.807, 2.05) is 32.0 Å². The normalized spacial score (nSPS) is 12.0. The fourth-order valence-electron chi connectivity index (χ4n) is 1.64. The number of rotatable bonds is 5. The van der Waals surface area contributed by atoms with Crippen LogP contribution in [0.2, 0.25) is 0 Å². The zero-order chi connectivity index (χ0) is 12.8. The van der Waals surface area contributed by atoms with E-state index >= 15 is 0 Å². The molecule has 0 aromatic heterocycles. The van der Waals surface area contributed by atoms with Gasteiger partial charge in [0.1, 0.15) is 5.75 Å². The third kappa shape index (κ3) is 4.07. The third-order valence-electron chi connectivity index (χ3n) is 2.46. The summed E-state index contributed by atoms with van der Waals surface area (Å²) in [5.41, 5.74) is 7.86. The zero-order valence-corrected chi connectivity index (χ0v) is 10.6.